The number of fused-ring (bicyclic) bond motifs is 1. The van der Waals surface area contributed by atoms with E-state index in [1.54, 1.807) is 36.4 Å². The van der Waals surface area contributed by atoms with E-state index in [0.29, 0.717) is 39.7 Å². The Morgan fingerprint density at radius 2 is 1.96 bits per heavy atom. The van der Waals surface area contributed by atoms with E-state index in [9.17, 15) is 9.90 Å². The summed E-state index contributed by atoms with van der Waals surface area (Å²) in [6, 6.07) is 10.9. The highest BCUT2D eigenvalue weighted by atomic mass is 35.5. The standard InChI is InChI=1S/C23H24ClNO3/c1-2-17-5-3-4-12-25(17)13-19-21(26)11-10-18-22(27)20(14-28-23(18)19)15-6-8-16(24)9-7-15/h6-11,14,17,26H,2-5,12-13H2,1H3/t17-/m0/s1. The van der Waals surface area contributed by atoms with Crippen LogP contribution in [0.5, 0.6) is 5.75 Å². The Bertz CT molecular complexity index is 1040. The van der Waals surface area contributed by atoms with Crippen LogP contribution in [0.15, 0.2) is 51.9 Å². The van der Waals surface area contributed by atoms with Crippen molar-refractivity contribution in [2.24, 2.45) is 0 Å². The molecule has 0 bridgehead atoms. The zero-order valence-electron chi connectivity index (χ0n) is 16.0. The van der Waals surface area contributed by atoms with Crippen LogP contribution in [0.25, 0.3) is 22.1 Å². The van der Waals surface area contributed by atoms with E-state index in [1.165, 1.54) is 19.1 Å². The average molecular weight is 398 g/mol. The number of halogens is 1. The van der Waals surface area contributed by atoms with E-state index < -0.39 is 0 Å². The van der Waals surface area contributed by atoms with Gasteiger partial charge in [0.05, 0.1) is 16.5 Å². The maximum atomic E-state index is 13.1. The lowest BCUT2D eigenvalue weighted by Crippen LogP contribution is -2.38. The van der Waals surface area contributed by atoms with Crippen molar-refractivity contribution < 1.29 is 9.52 Å². The van der Waals surface area contributed by atoms with Gasteiger partial charge < -0.3 is 9.52 Å². The fourth-order valence-electron chi connectivity index (χ4n) is 4.16. The molecule has 5 heteroatoms. The molecule has 0 aliphatic carbocycles. The second kappa shape index (κ2) is 7.98. The van der Waals surface area contributed by atoms with Crippen LogP contribution in [0, 0.1) is 0 Å². The van der Waals surface area contributed by atoms with E-state index in [0.717, 1.165) is 24.9 Å². The minimum atomic E-state index is -0.101. The molecule has 0 amide bonds. The number of piperidine rings is 1. The predicted molar refractivity (Wildman–Crippen MR) is 113 cm³/mol. The molecule has 0 saturated carbocycles. The summed E-state index contributed by atoms with van der Waals surface area (Å²) < 4.78 is 5.91. The molecule has 1 saturated heterocycles. The quantitative estimate of drug-likeness (QED) is 0.624. The van der Waals surface area contributed by atoms with Gasteiger partial charge in [0.2, 0.25) is 5.43 Å². The van der Waals surface area contributed by atoms with Crippen LogP contribution >= 0.6 is 11.6 Å². The van der Waals surface area contributed by atoms with Gasteiger partial charge in [-0.1, -0.05) is 37.1 Å². The van der Waals surface area contributed by atoms with Crippen molar-refractivity contribution >= 4 is 22.6 Å². The van der Waals surface area contributed by atoms with Gasteiger partial charge in [-0.2, -0.15) is 0 Å². The average Bonchev–Trinajstić information content (AvgIpc) is 2.71. The summed E-state index contributed by atoms with van der Waals surface area (Å²) in [6.07, 6.45) is 6.15. The Hall–Kier alpha value is -2.30. The smallest absolute Gasteiger partial charge is 0.200 e. The largest absolute Gasteiger partial charge is 0.507 e. The molecule has 28 heavy (non-hydrogen) atoms. The Labute approximate surface area is 169 Å². The van der Waals surface area contributed by atoms with E-state index in [4.69, 9.17) is 16.0 Å². The van der Waals surface area contributed by atoms with Gasteiger partial charge in [0.1, 0.15) is 17.6 Å². The van der Waals surface area contributed by atoms with Gasteiger partial charge in [-0.15, -0.1) is 0 Å². The SMILES string of the molecule is CC[C@H]1CCCCN1Cc1c(O)ccc2c(=O)c(-c3ccc(Cl)cc3)coc12. The minimum absolute atomic E-state index is 0.101. The molecule has 146 valence electrons. The minimum Gasteiger partial charge on any atom is -0.507 e. The highest BCUT2D eigenvalue weighted by Gasteiger charge is 2.24. The lowest BCUT2D eigenvalue weighted by atomic mass is 9.98. The number of nitrogens with zero attached hydrogens (tertiary/aromatic N) is 1. The number of rotatable bonds is 4. The van der Waals surface area contributed by atoms with Crippen molar-refractivity contribution in [2.45, 2.75) is 45.2 Å². The maximum absolute atomic E-state index is 13.1. The lowest BCUT2D eigenvalue weighted by molar-refractivity contribution is 0.135. The molecular weight excluding hydrogens is 374 g/mol. The van der Waals surface area contributed by atoms with Crippen LogP contribution in [0.1, 0.15) is 38.2 Å². The second-order valence-corrected chi connectivity index (χ2v) is 7.89. The fraction of sp³-hybridized carbons (Fsp3) is 0.348. The third-order valence-electron chi connectivity index (χ3n) is 5.76. The zero-order valence-corrected chi connectivity index (χ0v) is 16.7. The summed E-state index contributed by atoms with van der Waals surface area (Å²) in [6.45, 7) is 3.79. The molecule has 2 heterocycles. The molecule has 1 N–H and O–H groups in total. The number of benzene rings is 2. The summed E-state index contributed by atoms with van der Waals surface area (Å²) in [7, 11) is 0. The number of phenols is 1. The van der Waals surface area contributed by atoms with Crippen molar-refractivity contribution in [3.8, 4) is 16.9 Å². The molecule has 3 aromatic rings. The zero-order chi connectivity index (χ0) is 19.7. The summed E-state index contributed by atoms with van der Waals surface area (Å²) >= 11 is 5.95. The summed E-state index contributed by atoms with van der Waals surface area (Å²) in [5.41, 5.74) is 2.32. The first kappa shape index (κ1) is 19.0. The first-order valence-electron chi connectivity index (χ1n) is 9.85. The lowest BCUT2D eigenvalue weighted by Gasteiger charge is -2.35. The van der Waals surface area contributed by atoms with Crippen molar-refractivity contribution in [1.82, 2.24) is 4.90 Å². The van der Waals surface area contributed by atoms with Crippen LogP contribution in [0.4, 0.5) is 0 Å². The molecule has 1 aliphatic heterocycles. The molecule has 1 atom stereocenters. The Morgan fingerprint density at radius 3 is 2.71 bits per heavy atom. The van der Waals surface area contributed by atoms with Crippen LogP contribution in [-0.2, 0) is 6.54 Å². The molecule has 0 unspecified atom stereocenters. The molecule has 1 aromatic heterocycles. The van der Waals surface area contributed by atoms with Gasteiger partial charge in [0, 0.05) is 17.6 Å². The van der Waals surface area contributed by atoms with Gasteiger partial charge >= 0.3 is 0 Å². The highest BCUT2D eigenvalue weighted by molar-refractivity contribution is 6.30. The highest BCUT2D eigenvalue weighted by Crippen LogP contribution is 2.31. The number of hydrogen-bond acceptors (Lipinski definition) is 4. The molecule has 0 radical (unpaired) electrons. The number of likely N-dealkylation sites (tertiary alicyclic amines) is 1. The summed E-state index contributed by atoms with van der Waals surface area (Å²) in [5.74, 6) is 0.176. The number of aromatic hydroxyl groups is 1. The van der Waals surface area contributed by atoms with Crippen LogP contribution < -0.4 is 5.43 Å². The maximum Gasteiger partial charge on any atom is 0.200 e. The molecule has 2 aromatic carbocycles. The molecular formula is C23H24ClNO3. The fourth-order valence-corrected chi connectivity index (χ4v) is 4.29. The van der Waals surface area contributed by atoms with Gasteiger partial charge in [0.15, 0.2) is 0 Å². The second-order valence-electron chi connectivity index (χ2n) is 7.45. The van der Waals surface area contributed by atoms with E-state index >= 15 is 0 Å². The molecule has 1 fully saturated rings. The van der Waals surface area contributed by atoms with E-state index in [2.05, 4.69) is 11.8 Å². The van der Waals surface area contributed by atoms with Crippen LogP contribution in [0.3, 0.4) is 0 Å². The monoisotopic (exact) mass is 397 g/mol. The summed E-state index contributed by atoms with van der Waals surface area (Å²) in [4.78, 5) is 15.5. The van der Waals surface area contributed by atoms with Gasteiger partial charge in [-0.3, -0.25) is 9.69 Å². The molecule has 4 rings (SSSR count). The van der Waals surface area contributed by atoms with E-state index in [1.807, 2.05) is 0 Å². The summed E-state index contributed by atoms with van der Waals surface area (Å²) in [5, 5.41) is 11.6. The Kier molecular flexibility index (Phi) is 5.42. The topological polar surface area (TPSA) is 53.7 Å². The van der Waals surface area contributed by atoms with E-state index in [-0.39, 0.29) is 11.2 Å². The first-order chi connectivity index (χ1) is 13.6. The van der Waals surface area contributed by atoms with Gasteiger partial charge in [-0.05, 0) is 55.6 Å². The van der Waals surface area contributed by atoms with Crippen molar-refractivity contribution in [3.63, 3.8) is 0 Å². The van der Waals surface area contributed by atoms with Crippen molar-refractivity contribution in [2.75, 3.05) is 6.54 Å². The van der Waals surface area contributed by atoms with Crippen LogP contribution in [-0.4, -0.2) is 22.6 Å². The van der Waals surface area contributed by atoms with Crippen LogP contribution in [0.2, 0.25) is 5.02 Å². The van der Waals surface area contributed by atoms with Gasteiger partial charge in [-0.25, -0.2) is 0 Å². The molecule has 0 spiro atoms. The first-order valence-corrected chi connectivity index (χ1v) is 10.2. The third kappa shape index (κ3) is 3.54. The van der Waals surface area contributed by atoms with Gasteiger partial charge in [0.25, 0.3) is 0 Å². The Balaban J connectivity index is 1.78. The number of phenolic OH excluding ortho intramolecular Hbond substituents is 1. The van der Waals surface area contributed by atoms with Crippen molar-refractivity contribution in [3.05, 3.63) is 63.5 Å². The Morgan fingerprint density at radius 1 is 1.18 bits per heavy atom. The van der Waals surface area contributed by atoms with Crippen molar-refractivity contribution in [1.29, 1.82) is 0 Å². The normalized spacial score (nSPS) is 17.9. The number of hydrogen-bond donors (Lipinski definition) is 1. The molecule has 1 aliphatic rings. The third-order valence-corrected chi connectivity index (χ3v) is 6.01. The predicted octanol–water partition coefficient (Wildman–Crippen LogP) is 5.58. The molecule has 4 nitrogen and oxygen atoms in total.